The van der Waals surface area contributed by atoms with E-state index in [1.165, 1.54) is 82.7 Å². The number of hydrogen-bond donors (Lipinski definition) is 0. The fraction of sp³-hybridized carbons (Fsp3) is 0.0345. The summed E-state index contributed by atoms with van der Waals surface area (Å²) in [5.74, 6) is 0. The Kier molecular flexibility index (Phi) is 8.34. The molecule has 11 rings (SSSR count). The maximum absolute atomic E-state index is 2.50. The van der Waals surface area contributed by atoms with E-state index in [2.05, 4.69) is 242 Å². The maximum atomic E-state index is 2.50. The topological polar surface area (TPSA) is 3.24 Å². The van der Waals surface area contributed by atoms with Crippen molar-refractivity contribution in [2.45, 2.75) is 12.3 Å². The van der Waals surface area contributed by atoms with E-state index in [1.807, 2.05) is 0 Å². The van der Waals surface area contributed by atoms with E-state index in [-0.39, 0.29) is 5.41 Å². The molecule has 10 aromatic carbocycles. The molecule has 1 aliphatic rings. The van der Waals surface area contributed by atoms with Crippen LogP contribution in [-0.4, -0.2) is 0 Å². The zero-order chi connectivity index (χ0) is 39.3. The van der Waals surface area contributed by atoms with Crippen LogP contribution in [0.3, 0.4) is 0 Å². The molecule has 0 spiro atoms. The summed E-state index contributed by atoms with van der Waals surface area (Å²) in [6.07, 6.45) is 0. The lowest BCUT2D eigenvalue weighted by Gasteiger charge is -2.31. The summed E-state index contributed by atoms with van der Waals surface area (Å²) < 4.78 is 0. The first-order valence-electron chi connectivity index (χ1n) is 20.5. The molecule has 0 heterocycles. The Hall–Kier alpha value is -7.48. The molecule has 59 heavy (non-hydrogen) atoms. The van der Waals surface area contributed by atoms with Crippen LogP contribution in [0, 0.1) is 0 Å². The molecule has 0 aliphatic heterocycles. The van der Waals surface area contributed by atoms with Crippen molar-refractivity contribution in [1.82, 2.24) is 0 Å². The first kappa shape index (κ1) is 34.7. The smallest absolute Gasteiger partial charge is 0.0540 e. The number of nitrogens with zero attached hydrogens (tertiary/aromatic N) is 1. The Balaban J connectivity index is 1.19. The van der Waals surface area contributed by atoms with E-state index in [9.17, 15) is 0 Å². The van der Waals surface area contributed by atoms with Gasteiger partial charge in [0.25, 0.3) is 0 Å². The highest BCUT2D eigenvalue weighted by Crippen LogP contribution is 2.56. The highest BCUT2D eigenvalue weighted by Gasteiger charge is 2.42. The van der Waals surface area contributed by atoms with Gasteiger partial charge in [-0.05, 0) is 103 Å². The van der Waals surface area contributed by atoms with Gasteiger partial charge in [-0.3, -0.25) is 0 Å². The first-order chi connectivity index (χ1) is 29.2. The van der Waals surface area contributed by atoms with E-state index in [1.54, 1.807) is 0 Å². The van der Waals surface area contributed by atoms with E-state index in [0.29, 0.717) is 0 Å². The van der Waals surface area contributed by atoms with Crippen LogP contribution in [-0.2, 0) is 5.41 Å². The van der Waals surface area contributed by atoms with Gasteiger partial charge >= 0.3 is 0 Å². The second-order valence-corrected chi connectivity index (χ2v) is 15.7. The van der Waals surface area contributed by atoms with Crippen LogP contribution >= 0.6 is 0 Å². The first-order valence-corrected chi connectivity index (χ1v) is 20.5. The molecule has 0 N–H and O–H groups in total. The number of anilines is 3. The van der Waals surface area contributed by atoms with Crippen molar-refractivity contribution in [3.8, 4) is 44.5 Å². The van der Waals surface area contributed by atoms with Gasteiger partial charge in [0.2, 0.25) is 0 Å². The second kappa shape index (κ2) is 14.2. The molecule has 1 heteroatoms. The molecule has 1 aliphatic carbocycles. The average Bonchev–Trinajstić information content (AvgIpc) is 3.58. The molecule has 0 radical (unpaired) electrons. The highest BCUT2D eigenvalue weighted by molar-refractivity contribution is 6.09. The predicted molar refractivity (Wildman–Crippen MR) is 250 cm³/mol. The van der Waals surface area contributed by atoms with Gasteiger partial charge in [0.1, 0.15) is 0 Å². The summed E-state index contributed by atoms with van der Waals surface area (Å²) in [7, 11) is 0. The van der Waals surface area contributed by atoms with E-state index < -0.39 is 0 Å². The van der Waals surface area contributed by atoms with Crippen LogP contribution in [0.1, 0.15) is 23.6 Å². The number of rotatable bonds is 7. The average molecular weight is 752 g/mol. The highest BCUT2D eigenvalue weighted by atomic mass is 15.1. The molecule has 0 aromatic heterocycles. The lowest BCUT2D eigenvalue weighted by Crippen LogP contribution is -2.22. The molecular weight excluding hydrogens is 711 g/mol. The minimum absolute atomic E-state index is 0.298. The van der Waals surface area contributed by atoms with Gasteiger partial charge in [-0.25, -0.2) is 0 Å². The molecule has 1 unspecified atom stereocenters. The molecule has 0 saturated carbocycles. The Morgan fingerprint density at radius 1 is 0.339 bits per heavy atom. The number of para-hydroxylation sites is 2. The van der Waals surface area contributed by atoms with Gasteiger partial charge in [-0.15, -0.1) is 0 Å². The Labute approximate surface area is 346 Å². The third-order valence-corrected chi connectivity index (χ3v) is 12.5. The molecule has 278 valence electrons. The number of fused-ring (bicyclic) bond motifs is 5. The van der Waals surface area contributed by atoms with Gasteiger partial charge in [-0.2, -0.15) is 0 Å². The van der Waals surface area contributed by atoms with Gasteiger partial charge in [0.15, 0.2) is 0 Å². The van der Waals surface area contributed by atoms with Crippen molar-refractivity contribution in [3.63, 3.8) is 0 Å². The van der Waals surface area contributed by atoms with Crippen LogP contribution in [0.5, 0.6) is 0 Å². The van der Waals surface area contributed by atoms with Gasteiger partial charge in [-0.1, -0.05) is 206 Å². The third kappa shape index (κ3) is 5.62. The van der Waals surface area contributed by atoms with Gasteiger partial charge in [0.05, 0.1) is 11.4 Å². The molecule has 0 saturated heterocycles. The summed E-state index contributed by atoms with van der Waals surface area (Å²) >= 11 is 0. The number of hydrogen-bond acceptors (Lipinski definition) is 1. The molecule has 1 atom stereocenters. The fourth-order valence-electron chi connectivity index (χ4n) is 9.79. The summed E-state index contributed by atoms with van der Waals surface area (Å²) in [6, 6.07) is 84.6. The third-order valence-electron chi connectivity index (χ3n) is 12.5. The van der Waals surface area contributed by atoms with Crippen LogP contribution in [0.25, 0.3) is 66.1 Å². The predicted octanol–water partition coefficient (Wildman–Crippen LogP) is 15.8. The molecular formula is C58H41N. The Bertz CT molecular complexity index is 3180. The lowest BCUT2D eigenvalue weighted by atomic mass is 9.74. The van der Waals surface area contributed by atoms with Crippen molar-refractivity contribution in [2.24, 2.45) is 0 Å². The molecule has 10 aromatic rings. The van der Waals surface area contributed by atoms with Gasteiger partial charge < -0.3 is 4.90 Å². The standard InChI is InChI=1S/C58H41N/c1-58(44-25-6-3-7-26-44)52-33-13-10-29-51(52)57-50(32-18-34-53(57)58)48-28-12-15-36-55(48)59(45-38-37-40-19-8-9-22-43(40)39-45)54-35-14-11-27-47(54)49-31-17-24-42-23-16-30-46(56(42)49)41-20-4-2-5-21-41/h2-39H,1H3. The number of benzene rings is 10. The summed E-state index contributed by atoms with van der Waals surface area (Å²) in [6.45, 7) is 2.40. The van der Waals surface area contributed by atoms with Crippen LogP contribution < -0.4 is 4.90 Å². The Morgan fingerprint density at radius 3 is 1.59 bits per heavy atom. The summed E-state index contributed by atoms with van der Waals surface area (Å²) in [5, 5.41) is 4.89. The largest absolute Gasteiger partial charge is 0.309 e. The zero-order valence-electron chi connectivity index (χ0n) is 32.9. The van der Waals surface area contributed by atoms with Crippen LogP contribution in [0.4, 0.5) is 17.1 Å². The lowest BCUT2D eigenvalue weighted by molar-refractivity contribution is 0.714. The minimum Gasteiger partial charge on any atom is -0.309 e. The quantitative estimate of drug-likeness (QED) is 0.157. The Morgan fingerprint density at radius 2 is 0.847 bits per heavy atom. The van der Waals surface area contributed by atoms with E-state index in [0.717, 1.165) is 17.1 Å². The van der Waals surface area contributed by atoms with Crippen molar-refractivity contribution in [1.29, 1.82) is 0 Å². The minimum atomic E-state index is -0.298. The van der Waals surface area contributed by atoms with Crippen molar-refractivity contribution in [2.75, 3.05) is 4.90 Å². The van der Waals surface area contributed by atoms with Crippen molar-refractivity contribution in [3.05, 3.63) is 247 Å². The normalized spacial score (nSPS) is 14.3. The zero-order valence-corrected chi connectivity index (χ0v) is 32.9. The van der Waals surface area contributed by atoms with Crippen molar-refractivity contribution < 1.29 is 0 Å². The van der Waals surface area contributed by atoms with Gasteiger partial charge in [0, 0.05) is 22.2 Å². The molecule has 1 nitrogen and oxygen atoms in total. The second-order valence-electron chi connectivity index (χ2n) is 15.7. The van der Waals surface area contributed by atoms with Crippen LogP contribution in [0.2, 0.25) is 0 Å². The van der Waals surface area contributed by atoms with E-state index >= 15 is 0 Å². The summed E-state index contributed by atoms with van der Waals surface area (Å²) in [4.78, 5) is 2.50. The SMILES string of the molecule is CC1(c2ccccc2)c2ccccc2-c2c(-c3ccccc3N(c3ccc4ccccc4c3)c3ccccc3-c3cccc4cccc(-c5ccccc5)c34)cccc21. The maximum Gasteiger partial charge on any atom is 0.0540 e. The van der Waals surface area contributed by atoms with Crippen LogP contribution in [0.15, 0.2) is 231 Å². The monoisotopic (exact) mass is 751 g/mol. The molecule has 0 bridgehead atoms. The fourth-order valence-corrected chi connectivity index (χ4v) is 9.79. The molecule has 0 amide bonds. The molecule has 0 fully saturated rings. The summed E-state index contributed by atoms with van der Waals surface area (Å²) in [5.41, 5.74) is 16.8. The van der Waals surface area contributed by atoms with E-state index in [4.69, 9.17) is 0 Å². The van der Waals surface area contributed by atoms with Crippen molar-refractivity contribution >= 4 is 38.6 Å².